The lowest BCUT2D eigenvalue weighted by atomic mass is 10.2. The molecule has 0 aliphatic rings. The lowest BCUT2D eigenvalue weighted by Gasteiger charge is -2.08. The van der Waals surface area contributed by atoms with Gasteiger partial charge in [0.05, 0.1) is 11.3 Å². The number of pyridine rings is 1. The van der Waals surface area contributed by atoms with Crippen LogP contribution in [-0.2, 0) is 0 Å². The third kappa shape index (κ3) is 5.00. The molecule has 3 N–H and O–H groups in total. The van der Waals surface area contributed by atoms with Crippen molar-refractivity contribution in [3.05, 3.63) is 53.9 Å². The minimum Gasteiger partial charge on any atom is -0.468 e. The zero-order valence-electron chi connectivity index (χ0n) is 14.6. The Morgan fingerprint density at radius 1 is 1.29 bits per heavy atom. The molecule has 0 saturated heterocycles. The van der Waals surface area contributed by atoms with Crippen LogP contribution < -0.4 is 15.8 Å². The Morgan fingerprint density at radius 2 is 2.07 bits per heavy atom. The summed E-state index contributed by atoms with van der Waals surface area (Å²) >= 11 is 0. The van der Waals surface area contributed by atoms with Crippen LogP contribution in [0.4, 0.5) is 18.9 Å². The summed E-state index contributed by atoms with van der Waals surface area (Å²) in [6.45, 7) is 0.358. The Morgan fingerprint density at radius 3 is 2.75 bits per heavy atom. The maximum atomic E-state index is 12.1. The van der Waals surface area contributed by atoms with E-state index in [2.05, 4.69) is 20.0 Å². The van der Waals surface area contributed by atoms with E-state index in [1.807, 2.05) is 13.0 Å². The van der Waals surface area contributed by atoms with Crippen LogP contribution in [-0.4, -0.2) is 29.6 Å². The molecule has 0 aliphatic heterocycles. The van der Waals surface area contributed by atoms with Gasteiger partial charge in [-0.3, -0.25) is 10.1 Å². The number of halogens is 3. The minimum atomic E-state index is -4.47. The number of rotatable bonds is 4. The molecule has 1 aromatic carbocycles. The maximum Gasteiger partial charge on any atom is 0.422 e. The summed E-state index contributed by atoms with van der Waals surface area (Å²) in [5.74, 6) is -0.259. The van der Waals surface area contributed by atoms with Gasteiger partial charge in [-0.25, -0.2) is 9.98 Å². The quantitative estimate of drug-likeness (QED) is 0.523. The fraction of sp³-hybridized carbons (Fsp3) is 0.167. The Balaban J connectivity index is 1.64. The van der Waals surface area contributed by atoms with Crippen molar-refractivity contribution in [1.82, 2.24) is 10.3 Å². The number of hydrogen-bond acceptors (Lipinski definition) is 5. The smallest absolute Gasteiger partial charge is 0.422 e. The predicted octanol–water partition coefficient (Wildman–Crippen LogP) is 3.45. The number of nitrogens with one attached hydrogen (secondary N) is 1. The van der Waals surface area contributed by atoms with Gasteiger partial charge in [0.25, 0.3) is 5.91 Å². The van der Waals surface area contributed by atoms with Crippen molar-refractivity contribution in [3.8, 4) is 5.88 Å². The average molecular weight is 392 g/mol. The molecule has 0 atom stereocenters. The van der Waals surface area contributed by atoms with E-state index >= 15 is 0 Å². The summed E-state index contributed by atoms with van der Waals surface area (Å²) in [6, 6.07) is 9.43. The number of furan rings is 1. The second kappa shape index (κ2) is 7.59. The van der Waals surface area contributed by atoms with Crippen LogP contribution in [0.5, 0.6) is 5.88 Å². The van der Waals surface area contributed by atoms with E-state index in [0.29, 0.717) is 11.3 Å². The number of aryl methyl sites for hydroxylation is 1. The second-order valence-corrected chi connectivity index (χ2v) is 5.82. The van der Waals surface area contributed by atoms with Gasteiger partial charge >= 0.3 is 6.18 Å². The van der Waals surface area contributed by atoms with Gasteiger partial charge in [0.2, 0.25) is 11.8 Å². The zero-order valence-corrected chi connectivity index (χ0v) is 14.6. The van der Waals surface area contributed by atoms with Gasteiger partial charge in [0.1, 0.15) is 11.3 Å². The van der Waals surface area contributed by atoms with E-state index < -0.39 is 18.7 Å². The summed E-state index contributed by atoms with van der Waals surface area (Å²) in [7, 11) is 0. The molecule has 28 heavy (non-hydrogen) atoms. The number of nitrogens with two attached hydrogens (primary N) is 1. The molecule has 0 spiro atoms. The number of fused-ring (bicyclic) bond motifs is 1. The molecule has 2 heterocycles. The fourth-order valence-electron chi connectivity index (χ4n) is 2.34. The molecule has 2 aromatic heterocycles. The first kappa shape index (κ1) is 19.2. The van der Waals surface area contributed by atoms with E-state index in [0.717, 1.165) is 23.4 Å². The fourth-order valence-corrected chi connectivity index (χ4v) is 2.34. The first-order valence-electron chi connectivity index (χ1n) is 8.01. The second-order valence-electron chi connectivity index (χ2n) is 5.82. The van der Waals surface area contributed by atoms with Crippen molar-refractivity contribution in [1.29, 1.82) is 0 Å². The van der Waals surface area contributed by atoms with Gasteiger partial charge in [-0.1, -0.05) is 0 Å². The summed E-state index contributed by atoms with van der Waals surface area (Å²) in [4.78, 5) is 19.9. The number of aromatic nitrogens is 1. The Bertz CT molecular complexity index is 1030. The number of ether oxygens (including phenoxy) is 1. The molecule has 3 aromatic rings. The number of benzene rings is 1. The summed E-state index contributed by atoms with van der Waals surface area (Å²) in [5.41, 5.74) is 7.05. The molecule has 7 nitrogen and oxygen atoms in total. The van der Waals surface area contributed by atoms with E-state index in [1.54, 1.807) is 18.2 Å². The molecule has 0 fully saturated rings. The number of carbonyl (C=O) groups is 1. The summed E-state index contributed by atoms with van der Waals surface area (Å²) in [5, 5.41) is 3.22. The van der Waals surface area contributed by atoms with E-state index in [9.17, 15) is 18.0 Å². The highest BCUT2D eigenvalue weighted by Gasteiger charge is 2.28. The number of alkyl halides is 3. The van der Waals surface area contributed by atoms with Crippen LogP contribution in [0, 0.1) is 6.92 Å². The van der Waals surface area contributed by atoms with Crippen LogP contribution in [0.3, 0.4) is 0 Å². The van der Waals surface area contributed by atoms with Gasteiger partial charge in [0.15, 0.2) is 6.61 Å². The SMILES string of the molecule is Cc1cc2cc(N=C(N)NC(=O)c3ccc(OCC(F)(F)F)nc3)ccc2o1. The lowest BCUT2D eigenvalue weighted by Crippen LogP contribution is -2.36. The van der Waals surface area contributed by atoms with Crippen molar-refractivity contribution in [2.45, 2.75) is 13.1 Å². The van der Waals surface area contributed by atoms with Crippen LogP contribution in [0.1, 0.15) is 16.1 Å². The zero-order chi connectivity index (χ0) is 20.3. The number of carbonyl (C=O) groups excluding carboxylic acids is 1. The lowest BCUT2D eigenvalue weighted by molar-refractivity contribution is -0.154. The highest BCUT2D eigenvalue weighted by molar-refractivity contribution is 6.05. The minimum absolute atomic E-state index is 0.0819. The van der Waals surface area contributed by atoms with Crippen LogP contribution >= 0.6 is 0 Å². The number of guanidine groups is 1. The average Bonchev–Trinajstić information content (AvgIpc) is 2.99. The Kier molecular flexibility index (Phi) is 5.21. The highest BCUT2D eigenvalue weighted by Crippen LogP contribution is 2.24. The van der Waals surface area contributed by atoms with Gasteiger partial charge in [-0.15, -0.1) is 0 Å². The number of nitrogens with zero attached hydrogens (tertiary/aromatic N) is 2. The van der Waals surface area contributed by atoms with Crippen molar-refractivity contribution < 1.29 is 27.1 Å². The first-order chi connectivity index (χ1) is 13.2. The van der Waals surface area contributed by atoms with Gasteiger partial charge in [0, 0.05) is 17.6 Å². The number of hydrogen-bond donors (Lipinski definition) is 2. The van der Waals surface area contributed by atoms with Crippen LogP contribution in [0.2, 0.25) is 0 Å². The van der Waals surface area contributed by atoms with Crippen LogP contribution in [0.15, 0.2) is 52.0 Å². The van der Waals surface area contributed by atoms with Crippen molar-refractivity contribution >= 4 is 28.5 Å². The highest BCUT2D eigenvalue weighted by atomic mass is 19.4. The molecule has 146 valence electrons. The molecule has 0 bridgehead atoms. The van der Waals surface area contributed by atoms with E-state index in [4.69, 9.17) is 10.2 Å². The largest absolute Gasteiger partial charge is 0.468 e. The molecule has 0 unspecified atom stereocenters. The third-order valence-electron chi connectivity index (χ3n) is 3.50. The normalized spacial score (nSPS) is 12.2. The van der Waals surface area contributed by atoms with E-state index in [1.165, 1.54) is 6.07 Å². The molecule has 0 aliphatic carbocycles. The van der Waals surface area contributed by atoms with Gasteiger partial charge in [-0.2, -0.15) is 13.2 Å². The van der Waals surface area contributed by atoms with Crippen molar-refractivity contribution in [3.63, 3.8) is 0 Å². The molecular weight excluding hydrogens is 377 g/mol. The maximum absolute atomic E-state index is 12.1. The molecule has 1 amide bonds. The molecule has 0 radical (unpaired) electrons. The third-order valence-corrected chi connectivity index (χ3v) is 3.50. The monoisotopic (exact) mass is 392 g/mol. The topological polar surface area (TPSA) is 103 Å². The standard InChI is InChI=1S/C18H15F3N4O3/c1-10-6-12-7-13(3-4-14(12)28-10)24-17(22)25-16(26)11-2-5-15(23-8-11)27-9-18(19,20)21/h2-8H,9H2,1H3,(H3,22,24,25,26). The molecular formula is C18H15F3N4O3. The van der Waals surface area contributed by atoms with Crippen molar-refractivity contribution in [2.75, 3.05) is 6.61 Å². The molecule has 3 rings (SSSR count). The van der Waals surface area contributed by atoms with Crippen LogP contribution in [0.25, 0.3) is 11.0 Å². The number of amides is 1. The number of aliphatic imine (C=N–C) groups is 1. The summed E-state index contributed by atoms with van der Waals surface area (Å²) < 4.78 is 46.3. The molecule has 10 heteroatoms. The van der Waals surface area contributed by atoms with E-state index in [-0.39, 0.29) is 17.4 Å². The Hall–Kier alpha value is -3.56. The molecule has 0 saturated carbocycles. The first-order valence-corrected chi connectivity index (χ1v) is 8.01. The predicted molar refractivity (Wildman–Crippen MR) is 95.5 cm³/mol. The van der Waals surface area contributed by atoms with Gasteiger partial charge < -0.3 is 14.9 Å². The van der Waals surface area contributed by atoms with Crippen molar-refractivity contribution in [2.24, 2.45) is 10.7 Å². The summed E-state index contributed by atoms with van der Waals surface area (Å²) in [6.07, 6.45) is -3.39. The Labute approximate surface area is 157 Å². The van der Waals surface area contributed by atoms with Gasteiger partial charge in [-0.05, 0) is 37.3 Å².